The molecule has 0 spiro atoms. The minimum atomic E-state index is -4.44. The number of hydrogen-bond donors (Lipinski definition) is 1. The Kier molecular flexibility index (Phi) is 4.85. The minimum Gasteiger partial charge on any atom is -0.465 e. The molecule has 1 unspecified atom stereocenters. The van der Waals surface area contributed by atoms with Crippen molar-refractivity contribution in [3.8, 4) is 5.88 Å². The van der Waals surface area contributed by atoms with E-state index in [1.165, 1.54) is 13.2 Å². The van der Waals surface area contributed by atoms with Gasteiger partial charge in [0.05, 0.1) is 18.3 Å². The van der Waals surface area contributed by atoms with Gasteiger partial charge in [-0.15, -0.1) is 0 Å². The molecule has 0 aliphatic rings. The lowest BCUT2D eigenvalue weighted by molar-refractivity contribution is -0.190. The highest BCUT2D eigenvalue weighted by molar-refractivity contribution is 5.16. The first-order valence-electron chi connectivity index (χ1n) is 5.14. The van der Waals surface area contributed by atoms with Gasteiger partial charge < -0.3 is 15.2 Å². The van der Waals surface area contributed by atoms with E-state index in [1.807, 2.05) is 0 Å². The molecule has 1 aromatic rings. The number of aromatic nitrogens is 2. The van der Waals surface area contributed by atoms with Crippen LogP contribution < -0.4 is 10.5 Å². The monoisotopic (exact) mass is 265 g/mol. The Morgan fingerprint density at radius 3 is 2.61 bits per heavy atom. The fourth-order valence-electron chi connectivity index (χ4n) is 1.13. The fraction of sp³-hybridized carbons (Fsp3) is 0.600. The summed E-state index contributed by atoms with van der Waals surface area (Å²) < 4.78 is 46.4. The van der Waals surface area contributed by atoms with Gasteiger partial charge in [0.15, 0.2) is 6.10 Å². The van der Waals surface area contributed by atoms with Gasteiger partial charge in [0.25, 0.3) is 0 Å². The summed E-state index contributed by atoms with van der Waals surface area (Å²) in [6.45, 7) is 1.10. The van der Waals surface area contributed by atoms with Crippen molar-refractivity contribution in [3.63, 3.8) is 0 Å². The number of ether oxygens (including phenoxy) is 2. The molecule has 102 valence electrons. The van der Waals surface area contributed by atoms with Gasteiger partial charge in [-0.3, -0.25) is 0 Å². The van der Waals surface area contributed by atoms with E-state index in [0.717, 1.165) is 13.3 Å². The van der Waals surface area contributed by atoms with E-state index in [0.29, 0.717) is 5.69 Å². The summed E-state index contributed by atoms with van der Waals surface area (Å²) >= 11 is 0. The summed E-state index contributed by atoms with van der Waals surface area (Å²) in [4.78, 5) is 7.46. The average molecular weight is 265 g/mol. The second-order valence-electron chi connectivity index (χ2n) is 3.64. The first-order chi connectivity index (χ1) is 8.34. The second kappa shape index (κ2) is 5.96. The summed E-state index contributed by atoms with van der Waals surface area (Å²) in [6.07, 6.45) is -5.29. The van der Waals surface area contributed by atoms with Crippen LogP contribution in [0, 0.1) is 0 Å². The van der Waals surface area contributed by atoms with E-state index in [4.69, 9.17) is 10.5 Å². The zero-order valence-corrected chi connectivity index (χ0v) is 9.94. The zero-order valence-electron chi connectivity index (χ0n) is 9.94. The maximum Gasteiger partial charge on any atom is 0.425 e. The maximum absolute atomic E-state index is 12.3. The molecule has 1 heterocycles. The molecular formula is C10H14F3N3O2. The third-order valence-corrected chi connectivity index (χ3v) is 2.15. The van der Waals surface area contributed by atoms with Crippen molar-refractivity contribution in [3.05, 3.63) is 18.1 Å². The summed E-state index contributed by atoms with van der Waals surface area (Å²) in [5.74, 6) is -0.170. The van der Waals surface area contributed by atoms with Crippen LogP contribution in [0.5, 0.6) is 5.88 Å². The van der Waals surface area contributed by atoms with Gasteiger partial charge in [-0.1, -0.05) is 0 Å². The number of alkyl halides is 3. The lowest BCUT2D eigenvalue weighted by Gasteiger charge is -2.17. The SMILES string of the molecule is COCC(N)c1cc(O[C@H](C)C(F)(F)F)ncn1. The fourth-order valence-corrected chi connectivity index (χ4v) is 1.13. The molecule has 0 bridgehead atoms. The molecule has 1 rings (SSSR count). The molecule has 0 aromatic carbocycles. The van der Waals surface area contributed by atoms with Crippen LogP contribution >= 0.6 is 0 Å². The molecule has 5 nitrogen and oxygen atoms in total. The Labute approximate surface area is 102 Å². The minimum absolute atomic E-state index is 0.170. The van der Waals surface area contributed by atoms with Crippen LogP contribution in [0.3, 0.4) is 0 Å². The van der Waals surface area contributed by atoms with Crippen molar-refractivity contribution in [2.75, 3.05) is 13.7 Å². The third kappa shape index (κ3) is 4.11. The summed E-state index contributed by atoms with van der Waals surface area (Å²) in [6, 6.07) is 0.730. The Morgan fingerprint density at radius 1 is 1.39 bits per heavy atom. The maximum atomic E-state index is 12.3. The number of hydrogen-bond acceptors (Lipinski definition) is 5. The van der Waals surface area contributed by atoms with E-state index >= 15 is 0 Å². The van der Waals surface area contributed by atoms with Gasteiger partial charge >= 0.3 is 6.18 Å². The van der Waals surface area contributed by atoms with E-state index < -0.39 is 18.3 Å². The molecule has 2 N–H and O–H groups in total. The molecule has 0 saturated carbocycles. The smallest absolute Gasteiger partial charge is 0.425 e. The number of halogens is 3. The van der Waals surface area contributed by atoms with Crippen molar-refractivity contribution < 1.29 is 22.6 Å². The van der Waals surface area contributed by atoms with Crippen LogP contribution in [0.1, 0.15) is 18.7 Å². The molecule has 2 atom stereocenters. The van der Waals surface area contributed by atoms with Gasteiger partial charge in [-0.25, -0.2) is 9.97 Å². The molecule has 0 radical (unpaired) electrons. The molecular weight excluding hydrogens is 251 g/mol. The summed E-state index contributed by atoms with van der Waals surface area (Å²) in [7, 11) is 1.46. The highest BCUT2D eigenvalue weighted by Crippen LogP contribution is 2.24. The van der Waals surface area contributed by atoms with Gasteiger partial charge in [0.2, 0.25) is 5.88 Å². The quantitative estimate of drug-likeness (QED) is 0.872. The molecule has 8 heteroatoms. The van der Waals surface area contributed by atoms with E-state index in [9.17, 15) is 13.2 Å². The van der Waals surface area contributed by atoms with Crippen LogP contribution in [0.15, 0.2) is 12.4 Å². The number of nitrogens with zero attached hydrogens (tertiary/aromatic N) is 2. The Morgan fingerprint density at radius 2 is 2.06 bits per heavy atom. The highest BCUT2D eigenvalue weighted by atomic mass is 19.4. The first-order valence-corrected chi connectivity index (χ1v) is 5.14. The van der Waals surface area contributed by atoms with Crippen LogP contribution in [-0.2, 0) is 4.74 Å². The summed E-state index contributed by atoms with van der Waals surface area (Å²) in [5.41, 5.74) is 6.06. The van der Waals surface area contributed by atoms with Crippen molar-refractivity contribution >= 4 is 0 Å². The average Bonchev–Trinajstić information content (AvgIpc) is 2.28. The van der Waals surface area contributed by atoms with Crippen molar-refractivity contribution in [2.45, 2.75) is 25.2 Å². The zero-order chi connectivity index (χ0) is 13.8. The Hall–Kier alpha value is -1.41. The first kappa shape index (κ1) is 14.7. The molecule has 0 amide bonds. The summed E-state index contributed by atoms with van der Waals surface area (Å²) in [5, 5.41) is 0. The predicted molar refractivity (Wildman–Crippen MR) is 57.0 cm³/mol. The second-order valence-corrected chi connectivity index (χ2v) is 3.64. The number of nitrogens with two attached hydrogens (primary N) is 1. The molecule has 0 fully saturated rings. The predicted octanol–water partition coefficient (Wildman–Crippen LogP) is 1.45. The van der Waals surface area contributed by atoms with E-state index in [-0.39, 0.29) is 12.5 Å². The normalized spacial score (nSPS) is 15.2. The van der Waals surface area contributed by atoms with Crippen molar-refractivity contribution in [1.29, 1.82) is 0 Å². The lowest BCUT2D eigenvalue weighted by Crippen LogP contribution is -2.31. The van der Waals surface area contributed by atoms with E-state index in [1.54, 1.807) is 0 Å². The lowest BCUT2D eigenvalue weighted by atomic mass is 10.2. The highest BCUT2D eigenvalue weighted by Gasteiger charge is 2.38. The van der Waals surface area contributed by atoms with E-state index in [2.05, 4.69) is 14.7 Å². The Bertz CT molecular complexity index is 387. The third-order valence-electron chi connectivity index (χ3n) is 2.15. The standard InChI is InChI=1S/C10H14F3N3O2/c1-6(10(11,12)13)18-9-3-8(15-5-16-9)7(14)4-17-2/h3,5-7H,4,14H2,1-2H3/t6-,7?/m1/s1. The van der Waals surface area contributed by atoms with Gasteiger partial charge in [-0.2, -0.15) is 13.2 Å². The van der Waals surface area contributed by atoms with Crippen LogP contribution in [0.4, 0.5) is 13.2 Å². The largest absolute Gasteiger partial charge is 0.465 e. The number of methoxy groups -OCH3 is 1. The molecule has 1 aromatic heterocycles. The van der Waals surface area contributed by atoms with Gasteiger partial charge in [0.1, 0.15) is 6.33 Å². The van der Waals surface area contributed by atoms with Crippen molar-refractivity contribution in [1.82, 2.24) is 9.97 Å². The Balaban J connectivity index is 2.76. The van der Waals surface area contributed by atoms with Crippen molar-refractivity contribution in [2.24, 2.45) is 5.73 Å². The van der Waals surface area contributed by atoms with Gasteiger partial charge in [0, 0.05) is 13.2 Å². The molecule has 0 saturated heterocycles. The van der Waals surface area contributed by atoms with Crippen LogP contribution in [0.25, 0.3) is 0 Å². The molecule has 0 aliphatic heterocycles. The molecule has 0 aliphatic carbocycles. The number of rotatable bonds is 5. The van der Waals surface area contributed by atoms with Crippen LogP contribution in [-0.4, -0.2) is 36.0 Å². The van der Waals surface area contributed by atoms with Crippen LogP contribution in [0.2, 0.25) is 0 Å². The topological polar surface area (TPSA) is 70.3 Å². The molecule has 18 heavy (non-hydrogen) atoms. The van der Waals surface area contributed by atoms with Gasteiger partial charge in [-0.05, 0) is 6.92 Å².